The van der Waals surface area contributed by atoms with Gasteiger partial charge in [-0.15, -0.1) is 0 Å². The molecule has 0 aromatic heterocycles. The molecule has 0 aliphatic heterocycles. The van der Waals surface area contributed by atoms with E-state index in [9.17, 15) is 17.6 Å². The minimum atomic E-state index is -1.29. The van der Waals surface area contributed by atoms with E-state index in [1.807, 2.05) is 0 Å². The molecule has 1 atom stereocenters. The fourth-order valence-corrected chi connectivity index (χ4v) is 2.13. The molecule has 7 heteroatoms. The summed E-state index contributed by atoms with van der Waals surface area (Å²) in [7, 11) is 0. The molecule has 2 aromatic rings. The Labute approximate surface area is 123 Å². The molecule has 0 aliphatic carbocycles. The number of anilines is 1. The first-order valence-corrected chi connectivity index (χ1v) is 6.35. The molecule has 0 saturated carbocycles. The molecule has 0 bridgehead atoms. The SMILES string of the molecule is NCC(Nc1cc(F)cc(Cl)c1)c1cc(F)c(F)cc1F. The summed E-state index contributed by atoms with van der Waals surface area (Å²) in [5, 5.41) is 2.87. The Morgan fingerprint density at radius 1 is 0.952 bits per heavy atom. The van der Waals surface area contributed by atoms with E-state index >= 15 is 0 Å². The van der Waals surface area contributed by atoms with Gasteiger partial charge >= 0.3 is 0 Å². The first-order valence-electron chi connectivity index (χ1n) is 5.98. The summed E-state index contributed by atoms with van der Waals surface area (Å²) in [5.41, 5.74) is 5.61. The molecule has 0 spiro atoms. The van der Waals surface area contributed by atoms with Crippen LogP contribution in [-0.4, -0.2) is 6.54 Å². The van der Waals surface area contributed by atoms with Gasteiger partial charge in [0.1, 0.15) is 11.6 Å². The Hall–Kier alpha value is -1.79. The largest absolute Gasteiger partial charge is 0.377 e. The van der Waals surface area contributed by atoms with Crippen LogP contribution in [-0.2, 0) is 0 Å². The van der Waals surface area contributed by atoms with Gasteiger partial charge in [-0.05, 0) is 24.3 Å². The van der Waals surface area contributed by atoms with Gasteiger partial charge in [0.05, 0.1) is 6.04 Å². The van der Waals surface area contributed by atoms with Crippen molar-refractivity contribution in [1.29, 1.82) is 0 Å². The van der Waals surface area contributed by atoms with E-state index in [0.717, 1.165) is 18.2 Å². The van der Waals surface area contributed by atoms with Crippen LogP contribution in [0.4, 0.5) is 23.2 Å². The van der Waals surface area contributed by atoms with Crippen molar-refractivity contribution in [3.8, 4) is 0 Å². The highest BCUT2D eigenvalue weighted by molar-refractivity contribution is 6.30. The highest BCUT2D eigenvalue weighted by Crippen LogP contribution is 2.26. The zero-order valence-corrected chi connectivity index (χ0v) is 11.4. The van der Waals surface area contributed by atoms with Gasteiger partial charge in [0.15, 0.2) is 11.6 Å². The zero-order valence-electron chi connectivity index (χ0n) is 10.6. The number of rotatable bonds is 4. The third-order valence-corrected chi connectivity index (χ3v) is 3.07. The quantitative estimate of drug-likeness (QED) is 0.660. The number of hydrogen-bond acceptors (Lipinski definition) is 2. The van der Waals surface area contributed by atoms with Crippen molar-refractivity contribution in [3.05, 3.63) is 64.2 Å². The second kappa shape index (κ2) is 6.32. The van der Waals surface area contributed by atoms with Gasteiger partial charge in [-0.25, -0.2) is 17.6 Å². The van der Waals surface area contributed by atoms with E-state index in [1.165, 1.54) is 6.07 Å². The van der Waals surface area contributed by atoms with Crippen molar-refractivity contribution in [2.45, 2.75) is 6.04 Å². The van der Waals surface area contributed by atoms with Crippen LogP contribution in [0.1, 0.15) is 11.6 Å². The first-order chi connectivity index (χ1) is 9.90. The summed E-state index contributed by atoms with van der Waals surface area (Å²) in [6, 6.07) is 3.93. The first kappa shape index (κ1) is 15.6. The number of benzene rings is 2. The molecule has 2 nitrogen and oxygen atoms in total. The van der Waals surface area contributed by atoms with Crippen molar-refractivity contribution in [2.24, 2.45) is 5.73 Å². The van der Waals surface area contributed by atoms with E-state index in [2.05, 4.69) is 5.32 Å². The second-order valence-electron chi connectivity index (χ2n) is 4.38. The summed E-state index contributed by atoms with van der Waals surface area (Å²) in [4.78, 5) is 0. The van der Waals surface area contributed by atoms with Crippen LogP contribution < -0.4 is 11.1 Å². The van der Waals surface area contributed by atoms with E-state index in [-0.39, 0.29) is 22.8 Å². The second-order valence-corrected chi connectivity index (χ2v) is 4.82. The molecular weight excluding hydrogens is 308 g/mol. The average molecular weight is 319 g/mol. The third kappa shape index (κ3) is 3.65. The molecule has 0 amide bonds. The van der Waals surface area contributed by atoms with Crippen LogP contribution in [0.25, 0.3) is 0 Å². The van der Waals surface area contributed by atoms with Gasteiger partial charge in [0, 0.05) is 28.9 Å². The van der Waals surface area contributed by atoms with Crippen molar-refractivity contribution in [3.63, 3.8) is 0 Å². The van der Waals surface area contributed by atoms with Crippen LogP contribution in [0.2, 0.25) is 5.02 Å². The van der Waals surface area contributed by atoms with Crippen LogP contribution in [0.15, 0.2) is 30.3 Å². The molecule has 2 rings (SSSR count). The van der Waals surface area contributed by atoms with Crippen LogP contribution in [0, 0.1) is 23.3 Å². The van der Waals surface area contributed by atoms with Crippen molar-refractivity contribution in [2.75, 3.05) is 11.9 Å². The van der Waals surface area contributed by atoms with Crippen LogP contribution >= 0.6 is 11.6 Å². The maximum absolute atomic E-state index is 13.7. The normalized spacial score (nSPS) is 12.3. The summed E-state index contributed by atoms with van der Waals surface area (Å²) in [5.74, 6) is -4.02. The van der Waals surface area contributed by atoms with Gasteiger partial charge in [-0.3, -0.25) is 0 Å². The van der Waals surface area contributed by atoms with Gasteiger partial charge in [0.25, 0.3) is 0 Å². The standard InChI is InChI=1S/C14H11ClF4N2/c15-7-1-8(16)3-9(2-7)21-14(6-20)10-4-12(18)13(19)5-11(10)17/h1-5,14,21H,6,20H2. The predicted molar refractivity (Wildman–Crippen MR) is 73.1 cm³/mol. The highest BCUT2D eigenvalue weighted by Gasteiger charge is 2.18. The topological polar surface area (TPSA) is 38.0 Å². The van der Waals surface area contributed by atoms with Crippen molar-refractivity contribution >= 4 is 17.3 Å². The molecule has 0 fully saturated rings. The van der Waals surface area contributed by atoms with Gasteiger partial charge in [-0.2, -0.15) is 0 Å². The van der Waals surface area contributed by atoms with E-state index in [0.29, 0.717) is 6.07 Å². The van der Waals surface area contributed by atoms with Crippen molar-refractivity contribution < 1.29 is 17.6 Å². The van der Waals surface area contributed by atoms with E-state index in [4.69, 9.17) is 17.3 Å². The molecule has 2 aromatic carbocycles. The number of nitrogens with one attached hydrogen (secondary N) is 1. The fourth-order valence-electron chi connectivity index (χ4n) is 1.91. The lowest BCUT2D eigenvalue weighted by molar-refractivity contribution is 0.486. The van der Waals surface area contributed by atoms with Crippen LogP contribution in [0.3, 0.4) is 0 Å². The minimum absolute atomic E-state index is 0.115. The lowest BCUT2D eigenvalue weighted by Gasteiger charge is -2.19. The molecule has 0 aliphatic rings. The van der Waals surface area contributed by atoms with E-state index in [1.54, 1.807) is 0 Å². The molecule has 0 saturated heterocycles. The Balaban J connectivity index is 2.34. The number of hydrogen-bond donors (Lipinski definition) is 2. The third-order valence-electron chi connectivity index (χ3n) is 2.85. The van der Waals surface area contributed by atoms with Gasteiger partial charge in [0.2, 0.25) is 0 Å². The smallest absolute Gasteiger partial charge is 0.161 e. The zero-order chi connectivity index (χ0) is 15.6. The monoisotopic (exact) mass is 318 g/mol. The molecule has 0 radical (unpaired) electrons. The fraction of sp³-hybridized carbons (Fsp3) is 0.143. The summed E-state index contributed by atoms with van der Waals surface area (Å²) >= 11 is 5.71. The Morgan fingerprint density at radius 3 is 2.24 bits per heavy atom. The Kier molecular flexibility index (Phi) is 4.69. The average Bonchev–Trinajstić information content (AvgIpc) is 2.39. The maximum Gasteiger partial charge on any atom is 0.161 e. The summed E-state index contributed by atoms with van der Waals surface area (Å²) in [6.07, 6.45) is 0. The molecular formula is C14H11ClF4N2. The van der Waals surface area contributed by atoms with Crippen LogP contribution in [0.5, 0.6) is 0 Å². The summed E-state index contributed by atoms with van der Waals surface area (Å²) in [6.45, 7) is -0.115. The lowest BCUT2D eigenvalue weighted by Crippen LogP contribution is -2.22. The molecule has 112 valence electrons. The Morgan fingerprint density at radius 2 is 1.62 bits per heavy atom. The van der Waals surface area contributed by atoms with E-state index < -0.39 is 29.3 Å². The summed E-state index contributed by atoms with van der Waals surface area (Å²) < 4.78 is 53.1. The van der Waals surface area contributed by atoms with Crippen molar-refractivity contribution in [1.82, 2.24) is 0 Å². The minimum Gasteiger partial charge on any atom is -0.377 e. The molecule has 1 unspecified atom stereocenters. The maximum atomic E-state index is 13.7. The van der Waals surface area contributed by atoms with Gasteiger partial charge < -0.3 is 11.1 Å². The predicted octanol–water partition coefficient (Wildman–Crippen LogP) is 4.01. The molecule has 3 N–H and O–H groups in total. The number of halogens is 5. The number of nitrogens with two attached hydrogens (primary N) is 1. The lowest BCUT2D eigenvalue weighted by atomic mass is 10.1. The molecule has 0 heterocycles. The highest BCUT2D eigenvalue weighted by atomic mass is 35.5. The molecule has 21 heavy (non-hydrogen) atoms. The van der Waals surface area contributed by atoms with Gasteiger partial charge in [-0.1, -0.05) is 11.6 Å². The Bertz CT molecular complexity index is 643.